The summed E-state index contributed by atoms with van der Waals surface area (Å²) < 4.78 is 5.60. The zero-order valence-corrected chi connectivity index (χ0v) is 12.1. The summed E-state index contributed by atoms with van der Waals surface area (Å²) in [6.45, 7) is 7.04. The molecule has 1 saturated heterocycles. The molecule has 0 aliphatic carbocycles. The van der Waals surface area contributed by atoms with Gasteiger partial charge < -0.3 is 9.64 Å². The van der Waals surface area contributed by atoms with Crippen LogP contribution in [-0.2, 0) is 4.74 Å². The normalized spacial score (nSPS) is 23.7. The first-order valence-corrected chi connectivity index (χ1v) is 6.75. The summed E-state index contributed by atoms with van der Waals surface area (Å²) in [5.41, 5.74) is 0. The Bertz CT molecular complexity index is 425. The van der Waals surface area contributed by atoms with Gasteiger partial charge in [-0.25, -0.2) is 9.97 Å². The van der Waals surface area contributed by atoms with E-state index in [1.54, 1.807) is 0 Å². The monoisotopic (exact) mass is 269 g/mol. The van der Waals surface area contributed by atoms with Crippen LogP contribution in [0.15, 0.2) is 6.07 Å². The lowest BCUT2D eigenvalue weighted by atomic mass is 10.1. The fourth-order valence-electron chi connectivity index (χ4n) is 2.26. The Hall–Kier alpha value is -0.870. The molecular formula is C13H20ClN3O. The minimum atomic E-state index is 0.228. The number of rotatable bonds is 3. The van der Waals surface area contributed by atoms with E-state index in [4.69, 9.17) is 16.3 Å². The Kier molecular flexibility index (Phi) is 4.07. The van der Waals surface area contributed by atoms with Gasteiger partial charge in [0.15, 0.2) is 0 Å². The predicted octanol–water partition coefficient (Wildman–Crippen LogP) is 2.87. The molecule has 0 spiro atoms. The molecule has 2 atom stereocenters. The molecule has 1 aliphatic heterocycles. The van der Waals surface area contributed by atoms with E-state index < -0.39 is 0 Å². The number of anilines is 1. The molecule has 5 heteroatoms. The van der Waals surface area contributed by atoms with Gasteiger partial charge in [-0.05, 0) is 13.3 Å². The highest BCUT2D eigenvalue weighted by Crippen LogP contribution is 2.25. The Balaban J connectivity index is 2.26. The number of halogens is 1. The molecule has 0 radical (unpaired) electrons. The number of aromatic nitrogens is 2. The second kappa shape index (κ2) is 5.41. The van der Waals surface area contributed by atoms with Crippen molar-refractivity contribution in [3.8, 4) is 0 Å². The van der Waals surface area contributed by atoms with E-state index in [0.717, 1.165) is 24.7 Å². The number of nitrogens with zero attached hydrogens (tertiary/aromatic N) is 3. The van der Waals surface area contributed by atoms with Crippen LogP contribution in [0, 0.1) is 0 Å². The van der Waals surface area contributed by atoms with Crippen LogP contribution < -0.4 is 4.90 Å². The second-order valence-electron chi connectivity index (χ2n) is 5.10. The number of hydrogen-bond donors (Lipinski definition) is 0. The molecule has 0 saturated carbocycles. The van der Waals surface area contributed by atoms with Crippen LogP contribution in [-0.4, -0.2) is 35.8 Å². The maximum atomic E-state index is 6.07. The third-order valence-corrected chi connectivity index (χ3v) is 3.60. The van der Waals surface area contributed by atoms with Gasteiger partial charge in [-0.2, -0.15) is 0 Å². The van der Waals surface area contributed by atoms with Gasteiger partial charge in [0.1, 0.15) is 16.8 Å². The Morgan fingerprint density at radius 1 is 1.44 bits per heavy atom. The average molecular weight is 270 g/mol. The van der Waals surface area contributed by atoms with E-state index in [-0.39, 0.29) is 12.0 Å². The SMILES string of the molecule is CC(C)c1nc(Cl)cc(N(C)C2CCOC2C)n1. The minimum absolute atomic E-state index is 0.228. The fourth-order valence-corrected chi connectivity index (χ4v) is 2.44. The lowest BCUT2D eigenvalue weighted by Gasteiger charge is -2.28. The third-order valence-electron chi connectivity index (χ3n) is 3.41. The van der Waals surface area contributed by atoms with E-state index >= 15 is 0 Å². The largest absolute Gasteiger partial charge is 0.376 e. The summed E-state index contributed by atoms with van der Waals surface area (Å²) in [5.74, 6) is 1.94. The van der Waals surface area contributed by atoms with Crippen molar-refractivity contribution in [2.45, 2.75) is 45.3 Å². The van der Waals surface area contributed by atoms with Gasteiger partial charge in [-0.1, -0.05) is 25.4 Å². The summed E-state index contributed by atoms with van der Waals surface area (Å²) in [6, 6.07) is 2.18. The first-order valence-electron chi connectivity index (χ1n) is 6.38. The van der Waals surface area contributed by atoms with Crippen molar-refractivity contribution >= 4 is 17.4 Å². The molecule has 4 nitrogen and oxygen atoms in total. The van der Waals surface area contributed by atoms with Gasteiger partial charge in [0.25, 0.3) is 0 Å². The summed E-state index contributed by atoms with van der Waals surface area (Å²) >= 11 is 6.07. The van der Waals surface area contributed by atoms with Crippen LogP contribution in [0.1, 0.15) is 38.9 Å². The quantitative estimate of drug-likeness (QED) is 0.791. The zero-order valence-electron chi connectivity index (χ0n) is 11.4. The first kappa shape index (κ1) is 13.6. The summed E-state index contributed by atoms with van der Waals surface area (Å²) in [4.78, 5) is 11.0. The Morgan fingerprint density at radius 2 is 2.17 bits per heavy atom. The van der Waals surface area contributed by atoms with Crippen LogP contribution in [0.3, 0.4) is 0 Å². The molecule has 0 N–H and O–H groups in total. The maximum absolute atomic E-state index is 6.07. The van der Waals surface area contributed by atoms with Crippen LogP contribution in [0.25, 0.3) is 0 Å². The van der Waals surface area contributed by atoms with Crippen molar-refractivity contribution in [2.24, 2.45) is 0 Å². The summed E-state index contributed by atoms with van der Waals surface area (Å²) in [7, 11) is 2.04. The van der Waals surface area contributed by atoms with Crippen molar-refractivity contribution < 1.29 is 4.74 Å². The van der Waals surface area contributed by atoms with Crippen LogP contribution in [0.4, 0.5) is 5.82 Å². The second-order valence-corrected chi connectivity index (χ2v) is 5.49. The van der Waals surface area contributed by atoms with E-state index in [0.29, 0.717) is 11.2 Å². The molecule has 18 heavy (non-hydrogen) atoms. The maximum Gasteiger partial charge on any atom is 0.135 e. The zero-order chi connectivity index (χ0) is 13.3. The summed E-state index contributed by atoms with van der Waals surface area (Å²) in [6.07, 6.45) is 1.25. The lowest BCUT2D eigenvalue weighted by molar-refractivity contribution is 0.118. The van der Waals surface area contributed by atoms with Crippen LogP contribution >= 0.6 is 11.6 Å². The smallest absolute Gasteiger partial charge is 0.135 e. The molecular weight excluding hydrogens is 250 g/mol. The van der Waals surface area contributed by atoms with E-state index in [1.165, 1.54) is 0 Å². The van der Waals surface area contributed by atoms with Crippen molar-refractivity contribution in [1.82, 2.24) is 9.97 Å². The van der Waals surface area contributed by atoms with E-state index in [2.05, 4.69) is 35.6 Å². The van der Waals surface area contributed by atoms with Crippen molar-refractivity contribution in [1.29, 1.82) is 0 Å². The molecule has 2 unspecified atom stereocenters. The molecule has 0 amide bonds. The van der Waals surface area contributed by atoms with Gasteiger partial charge in [0.05, 0.1) is 12.1 Å². The molecule has 1 aromatic rings. The van der Waals surface area contributed by atoms with Gasteiger partial charge >= 0.3 is 0 Å². The third kappa shape index (κ3) is 2.75. The molecule has 2 rings (SSSR count). The van der Waals surface area contributed by atoms with E-state index in [1.807, 2.05) is 13.1 Å². The summed E-state index contributed by atoms with van der Waals surface area (Å²) in [5, 5.41) is 0.502. The lowest BCUT2D eigenvalue weighted by Crippen LogP contribution is -2.37. The Labute approximate surface area is 113 Å². The molecule has 2 heterocycles. The molecule has 0 aromatic carbocycles. The Morgan fingerprint density at radius 3 is 2.72 bits per heavy atom. The number of ether oxygens (including phenoxy) is 1. The fraction of sp³-hybridized carbons (Fsp3) is 0.692. The van der Waals surface area contributed by atoms with Gasteiger partial charge in [-0.15, -0.1) is 0 Å². The van der Waals surface area contributed by atoms with Gasteiger partial charge in [-0.3, -0.25) is 0 Å². The van der Waals surface area contributed by atoms with Crippen LogP contribution in [0.2, 0.25) is 5.15 Å². The highest BCUT2D eigenvalue weighted by molar-refractivity contribution is 6.29. The van der Waals surface area contributed by atoms with Crippen molar-refractivity contribution in [3.63, 3.8) is 0 Å². The van der Waals surface area contributed by atoms with E-state index in [9.17, 15) is 0 Å². The number of likely N-dealkylation sites (N-methyl/N-ethyl adjacent to an activating group) is 1. The highest BCUT2D eigenvalue weighted by Gasteiger charge is 2.29. The molecule has 1 aliphatic rings. The topological polar surface area (TPSA) is 38.2 Å². The van der Waals surface area contributed by atoms with Crippen molar-refractivity contribution in [3.05, 3.63) is 17.0 Å². The molecule has 0 bridgehead atoms. The van der Waals surface area contributed by atoms with Crippen LogP contribution in [0.5, 0.6) is 0 Å². The molecule has 1 aromatic heterocycles. The van der Waals surface area contributed by atoms with Crippen molar-refractivity contribution in [2.75, 3.05) is 18.6 Å². The predicted molar refractivity (Wildman–Crippen MR) is 73.4 cm³/mol. The average Bonchev–Trinajstić information content (AvgIpc) is 2.73. The highest BCUT2D eigenvalue weighted by atomic mass is 35.5. The first-order chi connectivity index (χ1) is 8.49. The molecule has 1 fully saturated rings. The van der Waals surface area contributed by atoms with Gasteiger partial charge in [0, 0.05) is 25.6 Å². The van der Waals surface area contributed by atoms with Gasteiger partial charge in [0.2, 0.25) is 0 Å². The molecule has 100 valence electrons. The number of hydrogen-bond acceptors (Lipinski definition) is 4. The standard InChI is InChI=1S/C13H20ClN3O/c1-8(2)13-15-11(14)7-12(16-13)17(4)10-5-6-18-9(10)3/h7-10H,5-6H2,1-4H3. The minimum Gasteiger partial charge on any atom is -0.376 e.